The molecule has 0 aliphatic rings. The van der Waals surface area contributed by atoms with Gasteiger partial charge in [0.1, 0.15) is 6.10 Å². The molecule has 0 spiro atoms. The largest absolute Gasteiger partial charge is 0.518 e. The number of hydrogen-bond donors (Lipinski definition) is 0. The fourth-order valence-electron chi connectivity index (χ4n) is 4.25. The van der Waals surface area contributed by atoms with Crippen LogP contribution in [-0.4, -0.2) is 28.7 Å². The number of carbonyl (C=O) groups is 1. The Bertz CT molecular complexity index is 455. The van der Waals surface area contributed by atoms with E-state index < -0.39 is 16.6 Å². The second-order valence-electron chi connectivity index (χ2n) is 12.1. The molecule has 0 aromatic rings. The van der Waals surface area contributed by atoms with Crippen molar-refractivity contribution in [2.24, 2.45) is 0 Å². The van der Waals surface area contributed by atoms with Gasteiger partial charge >= 0.3 is 5.97 Å². The zero-order valence-electron chi connectivity index (χ0n) is 23.7. The Morgan fingerprint density at radius 3 is 1.18 bits per heavy atom. The molecule has 0 saturated carbocycles. The van der Waals surface area contributed by atoms with Crippen molar-refractivity contribution >= 4 is 22.6 Å². The van der Waals surface area contributed by atoms with Crippen LogP contribution in [0.1, 0.15) is 129 Å². The van der Waals surface area contributed by atoms with Crippen molar-refractivity contribution in [1.29, 1.82) is 0 Å². The Labute approximate surface area is 210 Å². The second-order valence-corrected chi connectivity index (χ2v) is 20.9. The van der Waals surface area contributed by atoms with Gasteiger partial charge in [-0.15, -0.1) is 0 Å². The van der Waals surface area contributed by atoms with Crippen LogP contribution < -0.4 is 0 Å². The molecule has 0 aliphatic carbocycles. The Kier molecular flexibility index (Phi) is 20.0. The third-order valence-electron chi connectivity index (χ3n) is 5.99. The van der Waals surface area contributed by atoms with Crippen LogP contribution in [0.15, 0.2) is 0 Å². The first kappa shape index (κ1) is 32.9. The number of hydrogen-bond acceptors (Lipinski definition) is 3. The number of carbonyl (C=O) groups excluding carboxylic acids is 1. The molecule has 0 amide bonds. The van der Waals surface area contributed by atoms with Gasteiger partial charge in [0.2, 0.25) is 8.32 Å². The van der Waals surface area contributed by atoms with Crippen molar-refractivity contribution in [3.8, 4) is 0 Å². The summed E-state index contributed by atoms with van der Waals surface area (Å²) in [5.74, 6) is -0.122. The van der Waals surface area contributed by atoms with Crippen molar-refractivity contribution in [2.75, 3.05) is 0 Å². The lowest BCUT2D eigenvalue weighted by Gasteiger charge is -2.28. The molecule has 1 atom stereocenters. The van der Waals surface area contributed by atoms with Crippen LogP contribution in [0.5, 0.6) is 0 Å². The Morgan fingerprint density at radius 2 is 0.879 bits per heavy atom. The highest BCUT2D eigenvalue weighted by atomic mass is 28.4. The quantitative estimate of drug-likeness (QED) is 0.103. The summed E-state index contributed by atoms with van der Waals surface area (Å²) in [6.07, 6.45) is 25.3. The van der Waals surface area contributed by atoms with Crippen molar-refractivity contribution in [1.82, 2.24) is 0 Å². The molecule has 0 N–H and O–H groups in total. The fourth-order valence-corrected chi connectivity index (χ4v) is 6.05. The normalized spacial score (nSPS) is 13.3. The van der Waals surface area contributed by atoms with Crippen molar-refractivity contribution in [3.63, 3.8) is 0 Å². The topological polar surface area (TPSA) is 35.5 Å². The van der Waals surface area contributed by atoms with Gasteiger partial charge in [0.05, 0.1) is 0 Å². The zero-order chi connectivity index (χ0) is 25.0. The van der Waals surface area contributed by atoms with Gasteiger partial charge in [-0.2, -0.15) is 0 Å². The molecule has 3 nitrogen and oxygen atoms in total. The first-order chi connectivity index (χ1) is 15.5. The highest BCUT2D eigenvalue weighted by Gasteiger charge is 2.30. The van der Waals surface area contributed by atoms with Gasteiger partial charge in [-0.3, -0.25) is 4.79 Å². The molecule has 0 aromatic carbocycles. The average Bonchev–Trinajstić information content (AvgIpc) is 2.70. The van der Waals surface area contributed by atoms with Gasteiger partial charge in [0.25, 0.3) is 0 Å². The molecule has 0 aliphatic heterocycles. The maximum Gasteiger partial charge on any atom is 0.320 e. The van der Waals surface area contributed by atoms with E-state index in [9.17, 15) is 4.79 Å². The van der Waals surface area contributed by atoms with E-state index in [0.29, 0.717) is 0 Å². The van der Waals surface area contributed by atoms with Crippen LogP contribution in [0.25, 0.3) is 0 Å². The third kappa shape index (κ3) is 24.8. The minimum absolute atomic E-state index is 0.122. The average molecular weight is 501 g/mol. The summed E-state index contributed by atoms with van der Waals surface area (Å²) >= 11 is 0. The van der Waals surface area contributed by atoms with Crippen molar-refractivity contribution in [3.05, 3.63) is 0 Å². The molecule has 1 unspecified atom stereocenters. The molecular weight excluding hydrogens is 440 g/mol. The lowest BCUT2D eigenvalue weighted by atomic mass is 10.0. The summed E-state index contributed by atoms with van der Waals surface area (Å²) in [4.78, 5) is 12.6. The van der Waals surface area contributed by atoms with E-state index in [2.05, 4.69) is 46.2 Å². The molecule has 0 aromatic heterocycles. The smallest absolute Gasteiger partial charge is 0.320 e. The van der Waals surface area contributed by atoms with Crippen molar-refractivity contribution < 1.29 is 13.6 Å². The summed E-state index contributed by atoms with van der Waals surface area (Å²) < 4.78 is 11.9. The Hall–Kier alpha value is -0.136. The van der Waals surface area contributed by atoms with E-state index in [0.717, 1.165) is 12.8 Å². The van der Waals surface area contributed by atoms with E-state index in [1.165, 1.54) is 109 Å². The van der Waals surface area contributed by atoms with Crippen LogP contribution in [0.2, 0.25) is 39.3 Å². The zero-order valence-corrected chi connectivity index (χ0v) is 25.7. The molecule has 0 saturated heterocycles. The van der Waals surface area contributed by atoms with Crippen LogP contribution in [0, 0.1) is 0 Å². The van der Waals surface area contributed by atoms with E-state index in [4.69, 9.17) is 8.85 Å². The fraction of sp³-hybridized carbons (Fsp3) is 0.964. The Morgan fingerprint density at radius 1 is 0.545 bits per heavy atom. The summed E-state index contributed by atoms with van der Waals surface area (Å²) in [7, 11) is -3.62. The summed E-state index contributed by atoms with van der Waals surface area (Å²) in [5, 5.41) is 0. The predicted octanol–water partition coefficient (Wildman–Crippen LogP) is 10.0. The van der Waals surface area contributed by atoms with Crippen LogP contribution in [-0.2, 0) is 13.6 Å². The Balaban J connectivity index is 3.62. The third-order valence-corrected chi connectivity index (χ3v) is 7.79. The van der Waals surface area contributed by atoms with Crippen LogP contribution in [0.4, 0.5) is 0 Å². The van der Waals surface area contributed by atoms with Gasteiger partial charge in [0, 0.05) is 0 Å². The lowest BCUT2D eigenvalue weighted by molar-refractivity contribution is -0.143. The van der Waals surface area contributed by atoms with Crippen LogP contribution in [0.3, 0.4) is 0 Å². The highest BCUT2D eigenvalue weighted by molar-refractivity contribution is 6.71. The second kappa shape index (κ2) is 20.1. The minimum Gasteiger partial charge on any atom is -0.518 e. The van der Waals surface area contributed by atoms with Crippen molar-refractivity contribution in [2.45, 2.75) is 174 Å². The van der Waals surface area contributed by atoms with E-state index in [-0.39, 0.29) is 12.1 Å². The number of rotatable bonds is 23. The monoisotopic (exact) mass is 500 g/mol. The molecule has 0 bridgehead atoms. The van der Waals surface area contributed by atoms with Crippen LogP contribution >= 0.6 is 0 Å². The standard InChI is InChI=1S/C28H60O3Si2/c1-8-9-10-11-12-13-14-15-16-17-18-19-20-21-22-23-24-25-26-27(30-32(2,3)4)28(29)31-33(5,6)7/h27H,8-26H2,1-7H3. The molecule has 33 heavy (non-hydrogen) atoms. The van der Waals surface area contributed by atoms with E-state index in [1.54, 1.807) is 0 Å². The highest BCUT2D eigenvalue weighted by Crippen LogP contribution is 2.19. The number of unbranched alkanes of at least 4 members (excludes halogenated alkanes) is 17. The molecule has 0 fully saturated rings. The maximum absolute atomic E-state index is 12.6. The van der Waals surface area contributed by atoms with Gasteiger partial charge in [-0.1, -0.05) is 122 Å². The van der Waals surface area contributed by atoms with E-state index in [1.807, 2.05) is 0 Å². The minimum atomic E-state index is -1.87. The molecule has 0 radical (unpaired) electrons. The van der Waals surface area contributed by atoms with Gasteiger partial charge in [-0.05, 0) is 45.7 Å². The first-order valence-electron chi connectivity index (χ1n) is 14.5. The predicted molar refractivity (Wildman–Crippen MR) is 151 cm³/mol. The summed E-state index contributed by atoms with van der Waals surface area (Å²) in [5.41, 5.74) is 0. The molecule has 0 rings (SSSR count). The molecular formula is C28H60O3Si2. The van der Waals surface area contributed by atoms with Gasteiger partial charge in [0.15, 0.2) is 8.32 Å². The molecule has 198 valence electrons. The summed E-state index contributed by atoms with van der Waals surface area (Å²) in [6, 6.07) is 0. The maximum atomic E-state index is 12.6. The molecule has 0 heterocycles. The van der Waals surface area contributed by atoms with Gasteiger partial charge < -0.3 is 8.85 Å². The lowest BCUT2D eigenvalue weighted by Crippen LogP contribution is -2.41. The van der Waals surface area contributed by atoms with E-state index >= 15 is 0 Å². The SMILES string of the molecule is CCCCCCCCCCCCCCCCCCCCC(O[Si](C)(C)C)C(=O)O[Si](C)(C)C. The molecule has 5 heteroatoms. The summed E-state index contributed by atoms with van der Waals surface area (Å²) in [6.45, 7) is 14.9. The first-order valence-corrected chi connectivity index (χ1v) is 21.3. The van der Waals surface area contributed by atoms with Gasteiger partial charge in [-0.25, -0.2) is 0 Å².